The Hall–Kier alpha value is -3.48. The SMILES string of the molecule is CCOC(=O)c1ccccc1Nc1nncc(Nc2ccccc2C)n1. The van der Waals surface area contributed by atoms with Crippen molar-refractivity contribution in [3.05, 3.63) is 65.9 Å². The minimum absolute atomic E-state index is 0.278. The first kappa shape index (κ1) is 17.3. The number of aryl methyl sites for hydroxylation is 1. The van der Waals surface area contributed by atoms with Gasteiger partial charge in [-0.05, 0) is 37.6 Å². The molecule has 132 valence electrons. The maximum atomic E-state index is 12.1. The summed E-state index contributed by atoms with van der Waals surface area (Å²) in [7, 11) is 0. The maximum Gasteiger partial charge on any atom is 0.340 e. The molecule has 1 heterocycles. The summed E-state index contributed by atoms with van der Waals surface area (Å²) in [6.07, 6.45) is 1.54. The molecule has 7 nitrogen and oxygen atoms in total. The number of nitrogens with zero attached hydrogens (tertiary/aromatic N) is 3. The lowest BCUT2D eigenvalue weighted by molar-refractivity contribution is 0.0527. The van der Waals surface area contributed by atoms with Gasteiger partial charge in [0.2, 0.25) is 5.95 Å². The van der Waals surface area contributed by atoms with Gasteiger partial charge in [-0.3, -0.25) is 0 Å². The van der Waals surface area contributed by atoms with Crippen LogP contribution in [0.15, 0.2) is 54.7 Å². The fourth-order valence-electron chi connectivity index (χ4n) is 2.37. The van der Waals surface area contributed by atoms with Crippen molar-refractivity contribution in [2.24, 2.45) is 0 Å². The molecule has 3 rings (SSSR count). The zero-order valence-electron chi connectivity index (χ0n) is 14.6. The van der Waals surface area contributed by atoms with Gasteiger partial charge in [-0.15, -0.1) is 5.10 Å². The van der Waals surface area contributed by atoms with E-state index in [4.69, 9.17) is 4.74 Å². The third-order valence-corrected chi connectivity index (χ3v) is 3.64. The number of hydrogen-bond acceptors (Lipinski definition) is 7. The minimum Gasteiger partial charge on any atom is -0.462 e. The Kier molecular flexibility index (Phi) is 5.38. The van der Waals surface area contributed by atoms with Crippen LogP contribution >= 0.6 is 0 Å². The predicted molar refractivity (Wildman–Crippen MR) is 100.0 cm³/mol. The van der Waals surface area contributed by atoms with E-state index < -0.39 is 5.97 Å². The topological polar surface area (TPSA) is 89.0 Å². The third kappa shape index (κ3) is 4.13. The van der Waals surface area contributed by atoms with E-state index in [0.717, 1.165) is 11.3 Å². The van der Waals surface area contributed by atoms with Crippen LogP contribution in [0.2, 0.25) is 0 Å². The second-order valence-electron chi connectivity index (χ2n) is 5.50. The number of ether oxygens (including phenoxy) is 1. The number of carbonyl (C=O) groups excluding carboxylic acids is 1. The summed E-state index contributed by atoms with van der Waals surface area (Å²) in [6, 6.07) is 14.9. The van der Waals surface area contributed by atoms with E-state index in [-0.39, 0.29) is 5.95 Å². The van der Waals surface area contributed by atoms with Gasteiger partial charge in [0.05, 0.1) is 24.1 Å². The fourth-order valence-corrected chi connectivity index (χ4v) is 2.37. The summed E-state index contributed by atoms with van der Waals surface area (Å²) in [5.74, 6) is 0.420. The van der Waals surface area contributed by atoms with E-state index in [1.165, 1.54) is 6.20 Å². The number of carbonyl (C=O) groups is 1. The molecule has 26 heavy (non-hydrogen) atoms. The molecule has 0 radical (unpaired) electrons. The second-order valence-corrected chi connectivity index (χ2v) is 5.50. The van der Waals surface area contributed by atoms with Gasteiger partial charge in [-0.2, -0.15) is 10.1 Å². The van der Waals surface area contributed by atoms with Crippen LogP contribution in [0.4, 0.5) is 23.1 Å². The van der Waals surface area contributed by atoms with Gasteiger partial charge in [0.25, 0.3) is 0 Å². The lowest BCUT2D eigenvalue weighted by Gasteiger charge is -2.11. The van der Waals surface area contributed by atoms with E-state index in [9.17, 15) is 4.79 Å². The van der Waals surface area contributed by atoms with Crippen molar-refractivity contribution in [1.82, 2.24) is 15.2 Å². The second kappa shape index (κ2) is 8.06. The third-order valence-electron chi connectivity index (χ3n) is 3.64. The van der Waals surface area contributed by atoms with Crippen LogP contribution in [0.25, 0.3) is 0 Å². The number of hydrogen-bond donors (Lipinski definition) is 2. The molecule has 0 aliphatic rings. The summed E-state index contributed by atoms with van der Waals surface area (Å²) in [5.41, 5.74) is 3.00. The molecule has 0 unspecified atom stereocenters. The Balaban J connectivity index is 1.82. The number of esters is 1. The summed E-state index contributed by atoms with van der Waals surface area (Å²) >= 11 is 0. The summed E-state index contributed by atoms with van der Waals surface area (Å²) in [4.78, 5) is 16.5. The van der Waals surface area contributed by atoms with E-state index >= 15 is 0 Å². The molecule has 0 bridgehead atoms. The highest BCUT2D eigenvalue weighted by molar-refractivity contribution is 5.96. The molecule has 0 aliphatic heterocycles. The molecule has 0 fully saturated rings. The monoisotopic (exact) mass is 349 g/mol. The van der Waals surface area contributed by atoms with Crippen molar-refractivity contribution >= 4 is 29.1 Å². The Labute approximate surface area is 151 Å². The Morgan fingerprint density at radius 1 is 1.04 bits per heavy atom. The Morgan fingerprint density at radius 3 is 2.54 bits per heavy atom. The fraction of sp³-hybridized carbons (Fsp3) is 0.158. The molecule has 2 N–H and O–H groups in total. The van der Waals surface area contributed by atoms with Gasteiger partial charge in [0.15, 0.2) is 5.82 Å². The molecule has 1 aromatic heterocycles. The number of anilines is 4. The number of para-hydroxylation sites is 2. The Morgan fingerprint density at radius 2 is 1.77 bits per heavy atom. The molecular weight excluding hydrogens is 330 g/mol. The highest BCUT2D eigenvalue weighted by Crippen LogP contribution is 2.22. The van der Waals surface area contributed by atoms with Crippen LogP contribution in [-0.2, 0) is 4.74 Å². The largest absolute Gasteiger partial charge is 0.462 e. The van der Waals surface area contributed by atoms with Crippen LogP contribution in [-0.4, -0.2) is 27.8 Å². The predicted octanol–water partition coefficient (Wildman–Crippen LogP) is 3.84. The van der Waals surface area contributed by atoms with Crippen LogP contribution in [0, 0.1) is 6.92 Å². The normalized spacial score (nSPS) is 10.2. The lowest BCUT2D eigenvalue weighted by atomic mass is 10.2. The first-order chi connectivity index (χ1) is 12.7. The van der Waals surface area contributed by atoms with Crippen molar-refractivity contribution in [3.63, 3.8) is 0 Å². The average Bonchev–Trinajstić information content (AvgIpc) is 2.65. The van der Waals surface area contributed by atoms with Gasteiger partial charge in [0.1, 0.15) is 0 Å². The highest BCUT2D eigenvalue weighted by Gasteiger charge is 2.13. The number of aromatic nitrogens is 3. The van der Waals surface area contributed by atoms with Crippen molar-refractivity contribution in [3.8, 4) is 0 Å². The van der Waals surface area contributed by atoms with Crippen LogP contribution < -0.4 is 10.6 Å². The maximum absolute atomic E-state index is 12.1. The number of benzene rings is 2. The van der Waals surface area contributed by atoms with E-state index in [0.29, 0.717) is 23.7 Å². The van der Waals surface area contributed by atoms with Gasteiger partial charge in [-0.1, -0.05) is 30.3 Å². The standard InChI is InChI=1S/C19H19N5O2/c1-3-26-18(25)14-9-5-7-11-16(14)22-19-23-17(12-20-24-19)21-15-10-6-4-8-13(15)2/h4-12H,3H2,1-2H3,(H2,21,22,23,24). The zero-order chi connectivity index (χ0) is 18.4. The summed E-state index contributed by atoms with van der Waals surface area (Å²) in [6.45, 7) is 4.08. The number of rotatable bonds is 6. The molecule has 0 saturated heterocycles. The molecule has 3 aromatic rings. The molecule has 0 spiro atoms. The Bertz CT molecular complexity index is 914. The van der Waals surface area contributed by atoms with Gasteiger partial charge >= 0.3 is 5.97 Å². The molecule has 0 atom stereocenters. The van der Waals surface area contributed by atoms with Crippen molar-refractivity contribution in [2.75, 3.05) is 17.2 Å². The molecule has 0 saturated carbocycles. The quantitative estimate of drug-likeness (QED) is 0.653. The molecule has 7 heteroatoms. The minimum atomic E-state index is -0.405. The van der Waals surface area contributed by atoms with E-state index in [2.05, 4.69) is 25.8 Å². The molecule has 0 aliphatic carbocycles. The van der Waals surface area contributed by atoms with Crippen molar-refractivity contribution in [2.45, 2.75) is 13.8 Å². The first-order valence-electron chi connectivity index (χ1n) is 8.23. The zero-order valence-corrected chi connectivity index (χ0v) is 14.6. The highest BCUT2D eigenvalue weighted by atomic mass is 16.5. The lowest BCUT2D eigenvalue weighted by Crippen LogP contribution is -2.09. The van der Waals surface area contributed by atoms with E-state index in [1.807, 2.05) is 37.3 Å². The summed E-state index contributed by atoms with van der Waals surface area (Å²) < 4.78 is 5.07. The molecule has 0 amide bonds. The van der Waals surface area contributed by atoms with Crippen molar-refractivity contribution < 1.29 is 9.53 Å². The smallest absolute Gasteiger partial charge is 0.340 e. The van der Waals surface area contributed by atoms with Crippen LogP contribution in [0.3, 0.4) is 0 Å². The van der Waals surface area contributed by atoms with Crippen molar-refractivity contribution in [1.29, 1.82) is 0 Å². The molecular formula is C19H19N5O2. The molecule has 2 aromatic carbocycles. The van der Waals surface area contributed by atoms with Gasteiger partial charge < -0.3 is 15.4 Å². The van der Waals surface area contributed by atoms with Crippen LogP contribution in [0.1, 0.15) is 22.8 Å². The van der Waals surface area contributed by atoms with Gasteiger partial charge in [-0.25, -0.2) is 4.79 Å². The van der Waals surface area contributed by atoms with Crippen LogP contribution in [0.5, 0.6) is 0 Å². The van der Waals surface area contributed by atoms with Gasteiger partial charge in [0, 0.05) is 5.69 Å². The van der Waals surface area contributed by atoms with E-state index in [1.54, 1.807) is 25.1 Å². The first-order valence-corrected chi connectivity index (χ1v) is 8.23. The number of nitrogens with one attached hydrogen (secondary N) is 2. The average molecular weight is 349 g/mol. The summed E-state index contributed by atoms with van der Waals surface area (Å²) in [5, 5.41) is 14.2.